The lowest BCUT2D eigenvalue weighted by Gasteiger charge is -2.11. The van der Waals surface area contributed by atoms with E-state index in [9.17, 15) is 0 Å². The van der Waals surface area contributed by atoms with Gasteiger partial charge >= 0.3 is 0 Å². The normalized spacial score (nSPS) is 9.85. The summed E-state index contributed by atoms with van der Waals surface area (Å²) in [7, 11) is 0. The average molecular weight is 271 g/mol. The molecule has 0 spiro atoms. The molecule has 1 heterocycles. The van der Waals surface area contributed by atoms with Crippen LogP contribution in [0.4, 0.5) is 17.5 Å². The van der Waals surface area contributed by atoms with Gasteiger partial charge in [0.05, 0.1) is 18.5 Å². The van der Waals surface area contributed by atoms with Crippen LogP contribution >= 0.6 is 0 Å². The minimum Gasteiger partial charge on any atom is -0.492 e. The molecule has 6 nitrogen and oxygen atoms in total. The fourth-order valence-electron chi connectivity index (χ4n) is 1.59. The van der Waals surface area contributed by atoms with Crippen molar-refractivity contribution in [1.29, 1.82) is 0 Å². The lowest BCUT2D eigenvalue weighted by Crippen LogP contribution is -2.06. The molecule has 2 rings (SSSR count). The van der Waals surface area contributed by atoms with Crippen molar-refractivity contribution in [3.8, 4) is 5.75 Å². The molecule has 2 N–H and O–H groups in total. The maximum atomic E-state index is 5.55. The third-order valence-corrected chi connectivity index (χ3v) is 2.41. The summed E-state index contributed by atoms with van der Waals surface area (Å²) < 4.78 is 5.55. The Labute approximate surface area is 117 Å². The van der Waals surface area contributed by atoms with Crippen molar-refractivity contribution in [2.75, 3.05) is 23.8 Å². The molecule has 0 saturated carbocycles. The number of rotatable bonds is 7. The number of hydrogen-bond donors (Lipinski definition) is 2. The molecule has 0 aliphatic rings. The second-order valence-corrected chi connectivity index (χ2v) is 3.89. The molecule has 0 bridgehead atoms. The summed E-state index contributed by atoms with van der Waals surface area (Å²) in [4.78, 5) is 4.31. The molecule has 0 aliphatic carbocycles. The first-order valence-electron chi connectivity index (χ1n) is 6.37. The van der Waals surface area contributed by atoms with Gasteiger partial charge in [0.1, 0.15) is 5.75 Å². The van der Waals surface area contributed by atoms with Crippen LogP contribution in [0.3, 0.4) is 0 Å². The van der Waals surface area contributed by atoms with Crippen LogP contribution in [0, 0.1) is 0 Å². The predicted molar refractivity (Wildman–Crippen MR) is 79.4 cm³/mol. The molecule has 0 saturated heterocycles. The summed E-state index contributed by atoms with van der Waals surface area (Å²) in [5.74, 6) is 1.82. The highest BCUT2D eigenvalue weighted by Gasteiger charge is 2.05. The van der Waals surface area contributed by atoms with Gasteiger partial charge in [-0.1, -0.05) is 18.2 Å². The molecule has 0 radical (unpaired) electrons. The minimum absolute atomic E-state index is 0.448. The van der Waals surface area contributed by atoms with Gasteiger partial charge in [0.2, 0.25) is 5.95 Å². The number of nitrogens with one attached hydrogen (secondary N) is 2. The highest BCUT2D eigenvalue weighted by Crippen LogP contribution is 2.26. The van der Waals surface area contributed by atoms with Gasteiger partial charge in [-0.3, -0.25) is 0 Å². The van der Waals surface area contributed by atoms with E-state index in [0.717, 1.165) is 11.4 Å². The van der Waals surface area contributed by atoms with E-state index in [-0.39, 0.29) is 0 Å². The molecule has 2 aromatic rings. The second-order valence-electron chi connectivity index (χ2n) is 3.89. The summed E-state index contributed by atoms with van der Waals surface area (Å²) in [6, 6.07) is 7.67. The van der Waals surface area contributed by atoms with Gasteiger partial charge in [-0.25, -0.2) is 0 Å². The van der Waals surface area contributed by atoms with Gasteiger partial charge in [0, 0.05) is 6.54 Å². The van der Waals surface area contributed by atoms with E-state index in [1.807, 2.05) is 31.2 Å². The van der Waals surface area contributed by atoms with E-state index in [0.29, 0.717) is 24.9 Å². The zero-order valence-electron chi connectivity index (χ0n) is 11.3. The Balaban J connectivity index is 2.15. The van der Waals surface area contributed by atoms with Gasteiger partial charge in [0.15, 0.2) is 5.82 Å². The van der Waals surface area contributed by atoms with Gasteiger partial charge in [-0.05, 0) is 19.1 Å². The molecule has 0 aliphatic heterocycles. The summed E-state index contributed by atoms with van der Waals surface area (Å²) >= 11 is 0. The van der Waals surface area contributed by atoms with Gasteiger partial charge < -0.3 is 15.4 Å². The molecule has 0 amide bonds. The van der Waals surface area contributed by atoms with E-state index < -0.39 is 0 Å². The van der Waals surface area contributed by atoms with E-state index in [4.69, 9.17) is 4.74 Å². The first-order valence-corrected chi connectivity index (χ1v) is 6.37. The number of nitrogens with zero attached hydrogens (tertiary/aromatic N) is 3. The van der Waals surface area contributed by atoms with Gasteiger partial charge in [-0.2, -0.15) is 10.1 Å². The third kappa shape index (κ3) is 3.68. The molecule has 6 heteroatoms. The molecule has 0 unspecified atom stereocenters. The van der Waals surface area contributed by atoms with Crippen LogP contribution in [-0.2, 0) is 0 Å². The van der Waals surface area contributed by atoms with Crippen molar-refractivity contribution in [2.45, 2.75) is 6.92 Å². The molecule has 1 aromatic carbocycles. The highest BCUT2D eigenvalue weighted by atomic mass is 16.5. The van der Waals surface area contributed by atoms with Crippen molar-refractivity contribution in [2.24, 2.45) is 0 Å². The van der Waals surface area contributed by atoms with Crippen LogP contribution in [0.5, 0.6) is 5.75 Å². The maximum absolute atomic E-state index is 5.55. The molecule has 1 aromatic heterocycles. The van der Waals surface area contributed by atoms with Crippen LogP contribution in [0.15, 0.2) is 43.1 Å². The summed E-state index contributed by atoms with van der Waals surface area (Å²) in [5.41, 5.74) is 0.838. The number of aromatic nitrogens is 3. The Morgan fingerprint density at radius 2 is 2.20 bits per heavy atom. The minimum atomic E-state index is 0.448. The number of hydrogen-bond acceptors (Lipinski definition) is 6. The fraction of sp³-hybridized carbons (Fsp3) is 0.214. The Bertz CT molecular complexity index is 573. The van der Waals surface area contributed by atoms with Gasteiger partial charge in [-0.15, -0.1) is 11.7 Å². The zero-order valence-corrected chi connectivity index (χ0v) is 11.3. The lowest BCUT2D eigenvalue weighted by atomic mass is 10.3. The van der Waals surface area contributed by atoms with Crippen molar-refractivity contribution >= 4 is 17.5 Å². The molecule has 0 fully saturated rings. The largest absolute Gasteiger partial charge is 0.492 e. The van der Waals surface area contributed by atoms with Crippen molar-refractivity contribution < 1.29 is 4.74 Å². The number of para-hydroxylation sites is 2. The topological polar surface area (TPSA) is 72.0 Å². The highest BCUT2D eigenvalue weighted by molar-refractivity contribution is 5.63. The summed E-state index contributed by atoms with van der Waals surface area (Å²) in [6.45, 7) is 6.76. The maximum Gasteiger partial charge on any atom is 0.244 e. The molecule has 20 heavy (non-hydrogen) atoms. The first-order chi connectivity index (χ1) is 9.83. The van der Waals surface area contributed by atoms with Crippen LogP contribution < -0.4 is 15.4 Å². The van der Waals surface area contributed by atoms with Crippen LogP contribution in [-0.4, -0.2) is 28.3 Å². The average Bonchev–Trinajstić information content (AvgIpc) is 2.48. The van der Waals surface area contributed by atoms with Gasteiger partial charge in [0.25, 0.3) is 0 Å². The number of benzene rings is 1. The Morgan fingerprint density at radius 3 is 3.00 bits per heavy atom. The predicted octanol–water partition coefficient (Wildman–Crippen LogP) is 2.61. The molecule has 0 atom stereocenters. The third-order valence-electron chi connectivity index (χ3n) is 2.41. The first kappa shape index (κ1) is 13.8. The molecule has 104 valence electrons. The van der Waals surface area contributed by atoms with Crippen LogP contribution in [0.25, 0.3) is 0 Å². The SMILES string of the molecule is C=CCNc1nncc(Nc2ccccc2OCC)n1. The van der Waals surface area contributed by atoms with Crippen LogP contribution in [0.1, 0.15) is 6.92 Å². The van der Waals surface area contributed by atoms with Crippen LogP contribution in [0.2, 0.25) is 0 Å². The zero-order chi connectivity index (χ0) is 14.2. The standard InChI is InChI=1S/C14H17N5O/c1-3-9-15-14-18-13(10-16-19-14)17-11-7-5-6-8-12(11)20-4-2/h3,5-8,10H,1,4,9H2,2H3,(H2,15,17,18,19). The Kier molecular flexibility index (Phi) is 4.88. The lowest BCUT2D eigenvalue weighted by molar-refractivity contribution is 0.342. The fourth-order valence-corrected chi connectivity index (χ4v) is 1.59. The summed E-state index contributed by atoms with van der Waals surface area (Å²) in [6.07, 6.45) is 3.29. The molecular weight excluding hydrogens is 254 g/mol. The summed E-state index contributed by atoms with van der Waals surface area (Å²) in [5, 5.41) is 13.9. The van der Waals surface area contributed by atoms with E-state index >= 15 is 0 Å². The monoisotopic (exact) mass is 271 g/mol. The van der Waals surface area contributed by atoms with Crippen molar-refractivity contribution in [3.63, 3.8) is 0 Å². The van der Waals surface area contributed by atoms with Crippen molar-refractivity contribution in [1.82, 2.24) is 15.2 Å². The second kappa shape index (κ2) is 7.08. The Hall–Kier alpha value is -2.63. The Morgan fingerprint density at radius 1 is 1.35 bits per heavy atom. The smallest absolute Gasteiger partial charge is 0.244 e. The van der Waals surface area contributed by atoms with E-state index in [2.05, 4.69) is 32.4 Å². The number of anilines is 3. The molecular formula is C14H17N5O. The van der Waals surface area contributed by atoms with E-state index in [1.165, 1.54) is 0 Å². The van der Waals surface area contributed by atoms with E-state index in [1.54, 1.807) is 12.3 Å². The number of ether oxygens (including phenoxy) is 1. The quantitative estimate of drug-likeness (QED) is 0.754. The van der Waals surface area contributed by atoms with Crippen molar-refractivity contribution in [3.05, 3.63) is 43.1 Å².